The van der Waals surface area contributed by atoms with Gasteiger partial charge in [0, 0.05) is 32.6 Å². The molecule has 33 heavy (non-hydrogen) atoms. The van der Waals surface area contributed by atoms with Crippen molar-refractivity contribution in [1.29, 1.82) is 0 Å². The summed E-state index contributed by atoms with van der Waals surface area (Å²) in [6.07, 6.45) is 0. The molecule has 5 aromatic carbocycles. The maximum absolute atomic E-state index is 3.71. The molecular formula is C31H22N2. The fraction of sp³-hybridized carbons (Fsp3) is 0.0323. The van der Waals surface area contributed by atoms with Crippen LogP contribution in [0.15, 0.2) is 103 Å². The smallest absolute Gasteiger partial charge is 0.0716 e. The molecule has 0 amide bonds. The van der Waals surface area contributed by atoms with Crippen molar-refractivity contribution >= 4 is 43.6 Å². The minimum absolute atomic E-state index is 1.16. The van der Waals surface area contributed by atoms with Gasteiger partial charge in [-0.05, 0) is 53.4 Å². The van der Waals surface area contributed by atoms with Crippen molar-refractivity contribution in [3.8, 4) is 22.3 Å². The largest absolute Gasteiger partial charge is 0.353 e. The van der Waals surface area contributed by atoms with E-state index in [-0.39, 0.29) is 0 Å². The SMILES string of the molecule is Cc1ccc(-c2cccc(-c3cc4c5ccccc5[nH]c4c4[nH]c5ccccc5c34)c2)cc1. The molecule has 0 fully saturated rings. The van der Waals surface area contributed by atoms with Gasteiger partial charge in [0.15, 0.2) is 0 Å². The van der Waals surface area contributed by atoms with E-state index in [4.69, 9.17) is 0 Å². The van der Waals surface area contributed by atoms with Crippen LogP contribution in [0, 0.1) is 6.92 Å². The zero-order chi connectivity index (χ0) is 21.9. The standard InChI is InChI=1S/C31H22N2/c1-19-13-15-20(16-14-19)21-7-6-8-22(17-21)25-18-26-23-9-2-4-11-27(23)32-30(26)31-29(25)24-10-3-5-12-28(24)33-31/h2-18,32-33H,1H3. The van der Waals surface area contributed by atoms with Gasteiger partial charge in [-0.25, -0.2) is 0 Å². The molecule has 7 aromatic rings. The van der Waals surface area contributed by atoms with Crippen molar-refractivity contribution < 1.29 is 0 Å². The first-order valence-corrected chi connectivity index (χ1v) is 11.4. The fourth-order valence-corrected chi connectivity index (χ4v) is 5.18. The zero-order valence-electron chi connectivity index (χ0n) is 18.3. The molecule has 156 valence electrons. The van der Waals surface area contributed by atoms with Gasteiger partial charge in [-0.15, -0.1) is 0 Å². The predicted octanol–water partition coefficient (Wildman–Crippen LogP) is 8.60. The maximum Gasteiger partial charge on any atom is 0.0716 e. The average molecular weight is 423 g/mol. The van der Waals surface area contributed by atoms with Gasteiger partial charge in [0.2, 0.25) is 0 Å². The van der Waals surface area contributed by atoms with Crippen LogP contribution in [0.4, 0.5) is 0 Å². The number of rotatable bonds is 2. The third kappa shape index (κ3) is 2.74. The van der Waals surface area contributed by atoms with Gasteiger partial charge < -0.3 is 9.97 Å². The molecule has 0 saturated carbocycles. The summed E-state index contributed by atoms with van der Waals surface area (Å²) in [6, 6.07) is 37.2. The molecule has 0 aliphatic rings. The molecule has 2 nitrogen and oxygen atoms in total. The van der Waals surface area contributed by atoms with E-state index in [9.17, 15) is 0 Å². The van der Waals surface area contributed by atoms with Crippen LogP contribution in [0.25, 0.3) is 65.9 Å². The van der Waals surface area contributed by atoms with Crippen molar-refractivity contribution in [3.63, 3.8) is 0 Å². The van der Waals surface area contributed by atoms with Crippen LogP contribution in [-0.4, -0.2) is 9.97 Å². The monoisotopic (exact) mass is 422 g/mol. The van der Waals surface area contributed by atoms with Gasteiger partial charge in [0.05, 0.1) is 11.0 Å². The molecule has 0 unspecified atom stereocenters. The van der Waals surface area contributed by atoms with E-state index in [2.05, 4.69) is 120 Å². The summed E-state index contributed by atoms with van der Waals surface area (Å²) in [5.41, 5.74) is 10.9. The number of benzene rings is 5. The normalized spacial score (nSPS) is 11.8. The van der Waals surface area contributed by atoms with Gasteiger partial charge in [0.1, 0.15) is 0 Å². The van der Waals surface area contributed by atoms with Gasteiger partial charge in [0.25, 0.3) is 0 Å². The van der Waals surface area contributed by atoms with E-state index in [0.717, 1.165) is 11.0 Å². The van der Waals surface area contributed by atoms with E-state index in [1.807, 2.05) is 0 Å². The van der Waals surface area contributed by atoms with E-state index in [1.165, 1.54) is 60.4 Å². The average Bonchev–Trinajstić information content (AvgIpc) is 3.43. The minimum atomic E-state index is 1.16. The second kappa shape index (κ2) is 6.85. The van der Waals surface area contributed by atoms with E-state index in [1.54, 1.807) is 0 Å². The first kappa shape index (κ1) is 18.3. The molecule has 2 heterocycles. The molecule has 0 spiro atoms. The van der Waals surface area contributed by atoms with Gasteiger partial charge in [-0.1, -0.05) is 84.4 Å². The summed E-state index contributed by atoms with van der Waals surface area (Å²) in [5, 5.41) is 5.03. The first-order chi connectivity index (χ1) is 16.3. The number of H-pyrrole nitrogens is 2. The minimum Gasteiger partial charge on any atom is -0.353 e. The molecule has 7 rings (SSSR count). The Morgan fingerprint density at radius 3 is 1.97 bits per heavy atom. The van der Waals surface area contributed by atoms with Gasteiger partial charge >= 0.3 is 0 Å². The highest BCUT2D eigenvalue weighted by atomic mass is 14.8. The maximum atomic E-state index is 3.71. The third-order valence-corrected chi connectivity index (χ3v) is 6.82. The number of aryl methyl sites for hydroxylation is 1. The summed E-state index contributed by atoms with van der Waals surface area (Å²) in [4.78, 5) is 7.39. The molecule has 2 heteroatoms. The van der Waals surface area contributed by atoms with Crippen LogP contribution in [-0.2, 0) is 0 Å². The van der Waals surface area contributed by atoms with E-state index >= 15 is 0 Å². The third-order valence-electron chi connectivity index (χ3n) is 6.82. The molecule has 0 radical (unpaired) electrons. The van der Waals surface area contributed by atoms with Crippen molar-refractivity contribution in [2.75, 3.05) is 0 Å². The topological polar surface area (TPSA) is 31.6 Å². The molecule has 2 aromatic heterocycles. The van der Waals surface area contributed by atoms with Crippen LogP contribution >= 0.6 is 0 Å². The molecular weight excluding hydrogens is 400 g/mol. The Morgan fingerprint density at radius 2 is 1.15 bits per heavy atom. The van der Waals surface area contributed by atoms with Crippen LogP contribution in [0.5, 0.6) is 0 Å². The Kier molecular flexibility index (Phi) is 3.80. The number of hydrogen-bond acceptors (Lipinski definition) is 0. The Labute approximate surface area is 191 Å². The van der Waals surface area contributed by atoms with Crippen LogP contribution < -0.4 is 0 Å². The quantitative estimate of drug-likeness (QED) is 0.279. The lowest BCUT2D eigenvalue weighted by Gasteiger charge is -2.10. The Bertz CT molecular complexity index is 1810. The summed E-state index contributed by atoms with van der Waals surface area (Å²) in [5.74, 6) is 0. The lowest BCUT2D eigenvalue weighted by atomic mass is 9.94. The van der Waals surface area contributed by atoms with Crippen molar-refractivity contribution in [2.45, 2.75) is 6.92 Å². The molecule has 2 N–H and O–H groups in total. The number of aromatic nitrogens is 2. The summed E-state index contributed by atoms with van der Waals surface area (Å²) >= 11 is 0. The van der Waals surface area contributed by atoms with Crippen molar-refractivity contribution in [3.05, 3.63) is 109 Å². The number of nitrogens with one attached hydrogen (secondary N) is 2. The molecule has 0 bridgehead atoms. The summed E-state index contributed by atoms with van der Waals surface area (Å²) < 4.78 is 0. The lowest BCUT2D eigenvalue weighted by Crippen LogP contribution is -1.84. The second-order valence-corrected chi connectivity index (χ2v) is 8.88. The number of aromatic amines is 2. The summed E-state index contributed by atoms with van der Waals surface area (Å²) in [6.45, 7) is 2.13. The predicted molar refractivity (Wildman–Crippen MR) is 141 cm³/mol. The highest BCUT2D eigenvalue weighted by molar-refractivity contribution is 6.26. The lowest BCUT2D eigenvalue weighted by molar-refractivity contribution is 1.47. The van der Waals surface area contributed by atoms with Crippen LogP contribution in [0.1, 0.15) is 5.56 Å². The van der Waals surface area contributed by atoms with Crippen LogP contribution in [0.3, 0.4) is 0 Å². The van der Waals surface area contributed by atoms with Crippen molar-refractivity contribution in [1.82, 2.24) is 9.97 Å². The second-order valence-electron chi connectivity index (χ2n) is 8.88. The number of fused-ring (bicyclic) bond motifs is 7. The first-order valence-electron chi connectivity index (χ1n) is 11.4. The number of hydrogen-bond donors (Lipinski definition) is 2. The summed E-state index contributed by atoms with van der Waals surface area (Å²) in [7, 11) is 0. The molecule has 0 saturated heterocycles. The Morgan fingerprint density at radius 1 is 0.485 bits per heavy atom. The van der Waals surface area contributed by atoms with Crippen LogP contribution in [0.2, 0.25) is 0 Å². The van der Waals surface area contributed by atoms with Gasteiger partial charge in [-0.3, -0.25) is 0 Å². The number of para-hydroxylation sites is 2. The van der Waals surface area contributed by atoms with E-state index < -0.39 is 0 Å². The van der Waals surface area contributed by atoms with Gasteiger partial charge in [-0.2, -0.15) is 0 Å². The Hall–Kier alpha value is -4.30. The zero-order valence-corrected chi connectivity index (χ0v) is 18.3. The molecule has 0 aliphatic heterocycles. The molecule has 0 atom stereocenters. The molecule has 0 aliphatic carbocycles. The van der Waals surface area contributed by atoms with Crippen molar-refractivity contribution in [2.24, 2.45) is 0 Å². The highest BCUT2D eigenvalue weighted by Gasteiger charge is 2.17. The van der Waals surface area contributed by atoms with E-state index in [0.29, 0.717) is 0 Å². The Balaban J connectivity index is 1.59. The highest BCUT2D eigenvalue weighted by Crippen LogP contribution is 2.41. The fourth-order valence-electron chi connectivity index (χ4n) is 5.18.